The highest BCUT2D eigenvalue weighted by molar-refractivity contribution is 5.99. The zero-order valence-corrected chi connectivity index (χ0v) is 35.6. The van der Waals surface area contributed by atoms with Gasteiger partial charge in [-0.15, -0.1) is 0 Å². The van der Waals surface area contributed by atoms with E-state index in [0.717, 1.165) is 0 Å². The molecule has 1 heteroatoms. The van der Waals surface area contributed by atoms with Crippen molar-refractivity contribution in [2.24, 2.45) is 0 Å². The number of hydrogen-bond donors (Lipinski definition) is 0. The van der Waals surface area contributed by atoms with E-state index in [1.54, 1.807) is 0 Å². The van der Waals surface area contributed by atoms with Gasteiger partial charge in [0.05, 0.1) is 11.1 Å². The number of anilines is 3. The van der Waals surface area contributed by atoms with Crippen molar-refractivity contribution in [1.82, 2.24) is 0 Å². The van der Waals surface area contributed by atoms with Gasteiger partial charge < -0.3 is 4.90 Å². The minimum absolute atomic E-state index is 0.00283. The molecule has 0 saturated carbocycles. The smallest absolute Gasteiger partial charge is 0.0726 e. The quantitative estimate of drug-likeness (QED) is 0.169. The molecule has 0 aromatic heterocycles. The molecule has 0 amide bonds. The van der Waals surface area contributed by atoms with Crippen molar-refractivity contribution in [3.05, 3.63) is 220 Å². The number of rotatable bonds is 2. The third kappa shape index (κ3) is 4.48. The van der Waals surface area contributed by atoms with Gasteiger partial charge in [0, 0.05) is 27.8 Å². The second kappa shape index (κ2) is 11.9. The first-order valence-electron chi connectivity index (χ1n) is 21.7. The van der Waals surface area contributed by atoms with Crippen molar-refractivity contribution in [2.75, 3.05) is 4.90 Å². The Kier molecular flexibility index (Phi) is 7.01. The highest BCUT2D eigenvalue weighted by Crippen LogP contribution is 2.65. The van der Waals surface area contributed by atoms with Crippen LogP contribution < -0.4 is 4.90 Å². The molecule has 0 saturated heterocycles. The summed E-state index contributed by atoms with van der Waals surface area (Å²) in [5.41, 5.74) is 25.3. The van der Waals surface area contributed by atoms with Gasteiger partial charge in [-0.05, 0) is 119 Å². The van der Waals surface area contributed by atoms with Gasteiger partial charge in [0.25, 0.3) is 0 Å². The molecule has 0 radical (unpaired) electrons. The molecule has 1 atom stereocenters. The van der Waals surface area contributed by atoms with Crippen LogP contribution in [0.5, 0.6) is 0 Å². The Labute approximate surface area is 355 Å². The van der Waals surface area contributed by atoms with E-state index in [1.807, 2.05) is 0 Å². The number of para-hydroxylation sites is 1. The van der Waals surface area contributed by atoms with Crippen LogP contribution in [0.15, 0.2) is 170 Å². The summed E-state index contributed by atoms with van der Waals surface area (Å²) in [5.74, 6) is 0. The molecule has 290 valence electrons. The van der Waals surface area contributed by atoms with E-state index in [-0.39, 0.29) is 16.2 Å². The predicted molar refractivity (Wildman–Crippen MR) is 251 cm³/mol. The highest BCUT2D eigenvalue weighted by atomic mass is 15.1. The largest absolute Gasteiger partial charge is 0.310 e. The molecule has 1 nitrogen and oxygen atoms in total. The van der Waals surface area contributed by atoms with Crippen molar-refractivity contribution >= 4 is 17.1 Å². The van der Waals surface area contributed by atoms with Crippen LogP contribution in [0.25, 0.3) is 44.5 Å². The van der Waals surface area contributed by atoms with E-state index in [4.69, 9.17) is 0 Å². The zero-order valence-electron chi connectivity index (χ0n) is 35.6. The molecule has 4 bridgehead atoms. The fourth-order valence-corrected chi connectivity index (χ4v) is 11.7. The van der Waals surface area contributed by atoms with Crippen LogP contribution in [0.1, 0.15) is 98.5 Å². The Morgan fingerprint density at radius 2 is 0.867 bits per heavy atom. The number of fused-ring (bicyclic) bond motifs is 10. The van der Waals surface area contributed by atoms with Crippen molar-refractivity contribution in [3.8, 4) is 44.5 Å². The molecule has 3 aliphatic carbocycles. The molecule has 60 heavy (non-hydrogen) atoms. The first-order valence-corrected chi connectivity index (χ1v) is 21.7. The number of benzene rings is 8. The van der Waals surface area contributed by atoms with Gasteiger partial charge >= 0.3 is 0 Å². The Balaban J connectivity index is 1.24. The maximum absolute atomic E-state index is 2.62. The summed E-state index contributed by atoms with van der Waals surface area (Å²) in [6, 6.07) is 65.7. The first-order chi connectivity index (χ1) is 28.9. The van der Waals surface area contributed by atoms with Gasteiger partial charge in [0.15, 0.2) is 0 Å². The van der Waals surface area contributed by atoms with Gasteiger partial charge in [-0.2, -0.15) is 0 Å². The van der Waals surface area contributed by atoms with E-state index in [1.165, 1.54) is 112 Å². The second-order valence-electron chi connectivity index (χ2n) is 19.7. The molecule has 12 rings (SSSR count). The number of hydrogen-bond acceptors (Lipinski definition) is 1. The van der Waals surface area contributed by atoms with Crippen molar-refractivity contribution in [3.63, 3.8) is 0 Å². The number of nitrogens with zero attached hydrogens (tertiary/aromatic N) is 1. The molecule has 1 aliphatic heterocycles. The van der Waals surface area contributed by atoms with Crippen LogP contribution in [-0.4, -0.2) is 0 Å². The van der Waals surface area contributed by atoms with Crippen LogP contribution in [0.2, 0.25) is 0 Å². The van der Waals surface area contributed by atoms with Gasteiger partial charge in [-0.3, -0.25) is 0 Å². The summed E-state index contributed by atoms with van der Waals surface area (Å²) in [6.45, 7) is 16.7. The molecule has 1 spiro atoms. The Hall–Kier alpha value is -6.44. The molecule has 4 aliphatic rings. The lowest BCUT2D eigenvalue weighted by Crippen LogP contribution is -2.27. The van der Waals surface area contributed by atoms with E-state index < -0.39 is 5.41 Å². The van der Waals surface area contributed by atoms with E-state index in [0.29, 0.717) is 0 Å². The van der Waals surface area contributed by atoms with Gasteiger partial charge in [0.2, 0.25) is 0 Å². The third-order valence-electron chi connectivity index (χ3n) is 14.9. The summed E-state index contributed by atoms with van der Waals surface area (Å²) < 4.78 is 0. The first kappa shape index (κ1) is 35.5. The highest BCUT2D eigenvalue weighted by Gasteiger charge is 2.53. The zero-order chi connectivity index (χ0) is 40.9. The normalized spacial score (nSPS) is 17.9. The fourth-order valence-electron chi connectivity index (χ4n) is 11.7. The molecular weight excluding hydrogens is 723 g/mol. The lowest BCUT2D eigenvalue weighted by molar-refractivity contribution is 0.588. The maximum atomic E-state index is 2.62. The minimum atomic E-state index is -0.480. The van der Waals surface area contributed by atoms with E-state index in [9.17, 15) is 0 Å². The van der Waals surface area contributed by atoms with Crippen molar-refractivity contribution in [1.29, 1.82) is 0 Å². The van der Waals surface area contributed by atoms with Gasteiger partial charge in [0.1, 0.15) is 0 Å². The minimum Gasteiger partial charge on any atom is -0.310 e. The second-order valence-corrected chi connectivity index (χ2v) is 19.7. The Morgan fingerprint density at radius 3 is 1.57 bits per heavy atom. The van der Waals surface area contributed by atoms with Crippen LogP contribution in [0.3, 0.4) is 0 Å². The molecule has 1 heterocycles. The third-order valence-corrected chi connectivity index (χ3v) is 14.9. The standard InChI is InChI=1S/C59H49N/c1-56(2,3)37-24-28-45-46-29-25-38-33-53(46)59(52(45)32-37)49-22-14-12-19-43(49)47-31-27-40(35-54(47)59)60(39-26-30-44-42-18-11-13-21-48(42)58(6,7)51(44)34-39)55-41(36-16-9-8-10-17-36)20-15-23-50(55)57(38,4)5/h8-35H,1-7H3. The summed E-state index contributed by atoms with van der Waals surface area (Å²) >= 11 is 0. The summed E-state index contributed by atoms with van der Waals surface area (Å²) in [5, 5.41) is 0. The Morgan fingerprint density at radius 1 is 0.367 bits per heavy atom. The van der Waals surface area contributed by atoms with E-state index in [2.05, 4.69) is 223 Å². The monoisotopic (exact) mass is 771 g/mol. The molecular formula is C59H49N. The van der Waals surface area contributed by atoms with Crippen LogP contribution >= 0.6 is 0 Å². The van der Waals surface area contributed by atoms with Crippen molar-refractivity contribution < 1.29 is 0 Å². The predicted octanol–water partition coefficient (Wildman–Crippen LogP) is 15.4. The average molecular weight is 772 g/mol. The van der Waals surface area contributed by atoms with Crippen LogP contribution in [-0.2, 0) is 21.7 Å². The average Bonchev–Trinajstić information content (AvgIpc) is 3.81. The molecule has 1 unspecified atom stereocenters. The maximum Gasteiger partial charge on any atom is 0.0726 e. The van der Waals surface area contributed by atoms with Crippen LogP contribution in [0.4, 0.5) is 17.1 Å². The fraction of sp³-hybridized carbons (Fsp3) is 0.186. The summed E-state index contributed by atoms with van der Waals surface area (Å²) in [4.78, 5) is 2.62. The molecule has 0 N–H and O–H groups in total. The molecule has 0 fully saturated rings. The SMILES string of the molecule is CC(C)(C)c1ccc2c(c1)C13c4ccccc4-c4ccc(cc41)N(c1ccc4c(c1)C(C)(C)c1ccccc1-4)c1c(-c4ccccc4)cccc1C(C)(C)c1ccc-2c3c1. The van der Waals surface area contributed by atoms with Crippen molar-refractivity contribution in [2.45, 2.75) is 70.1 Å². The van der Waals surface area contributed by atoms with Gasteiger partial charge in [-0.25, -0.2) is 0 Å². The summed E-state index contributed by atoms with van der Waals surface area (Å²) in [7, 11) is 0. The van der Waals surface area contributed by atoms with E-state index >= 15 is 0 Å². The Bertz CT molecular complexity index is 3130. The topological polar surface area (TPSA) is 3.24 Å². The molecule has 8 aromatic carbocycles. The molecule has 8 aromatic rings. The van der Waals surface area contributed by atoms with Gasteiger partial charge in [-0.1, -0.05) is 194 Å². The van der Waals surface area contributed by atoms with Crippen LogP contribution in [0, 0.1) is 0 Å². The lowest BCUT2D eigenvalue weighted by atomic mass is 9.68. The summed E-state index contributed by atoms with van der Waals surface area (Å²) in [6.07, 6.45) is 0. The lowest BCUT2D eigenvalue weighted by Gasteiger charge is -2.36.